The fourth-order valence-corrected chi connectivity index (χ4v) is 2.49. The average Bonchev–Trinajstić information content (AvgIpc) is 2.53. The van der Waals surface area contributed by atoms with E-state index in [0.717, 1.165) is 5.56 Å². The van der Waals surface area contributed by atoms with Gasteiger partial charge in [-0.1, -0.05) is 60.1 Å². The lowest BCUT2D eigenvalue weighted by Crippen LogP contribution is -2.23. The number of halogens is 1. The number of nitrogens with one attached hydrogen (secondary N) is 1. The molecular formula is C18H14ClNO. The third kappa shape index (κ3) is 3.06. The van der Waals surface area contributed by atoms with Gasteiger partial charge in [-0.25, -0.2) is 0 Å². The molecule has 0 aliphatic heterocycles. The Morgan fingerprint density at radius 1 is 0.905 bits per heavy atom. The van der Waals surface area contributed by atoms with Gasteiger partial charge >= 0.3 is 0 Å². The number of rotatable bonds is 3. The quantitative estimate of drug-likeness (QED) is 0.761. The number of fused-ring (bicyclic) bond motifs is 1. The van der Waals surface area contributed by atoms with Gasteiger partial charge < -0.3 is 5.32 Å². The lowest BCUT2D eigenvalue weighted by atomic mass is 10.1. The van der Waals surface area contributed by atoms with Gasteiger partial charge in [0.1, 0.15) is 0 Å². The van der Waals surface area contributed by atoms with Crippen LogP contribution >= 0.6 is 11.6 Å². The second-order valence-corrected chi connectivity index (χ2v) is 5.25. The third-order valence-corrected chi connectivity index (χ3v) is 3.72. The molecule has 0 aliphatic rings. The van der Waals surface area contributed by atoms with Crippen LogP contribution in [0.1, 0.15) is 15.9 Å². The highest BCUT2D eigenvalue weighted by Crippen LogP contribution is 2.17. The Balaban J connectivity index is 1.74. The zero-order chi connectivity index (χ0) is 14.7. The molecule has 0 aliphatic carbocycles. The van der Waals surface area contributed by atoms with Crippen LogP contribution in [0.15, 0.2) is 66.7 Å². The average molecular weight is 296 g/mol. The van der Waals surface area contributed by atoms with Crippen LogP contribution in [0.25, 0.3) is 10.8 Å². The minimum absolute atomic E-state index is 0.159. The standard InChI is InChI=1S/C18H14ClNO/c19-17-8-4-3-7-16(17)18(21)20-12-13-9-10-14-5-1-2-6-15(14)11-13/h1-11H,12H2,(H,20,21). The highest BCUT2D eigenvalue weighted by molar-refractivity contribution is 6.33. The van der Waals surface area contributed by atoms with Gasteiger partial charge in [0.2, 0.25) is 0 Å². The molecule has 0 fully saturated rings. The molecule has 0 bridgehead atoms. The second kappa shape index (κ2) is 5.98. The van der Waals surface area contributed by atoms with E-state index in [9.17, 15) is 4.79 Å². The van der Waals surface area contributed by atoms with E-state index in [0.29, 0.717) is 17.1 Å². The predicted octanol–water partition coefficient (Wildman–Crippen LogP) is 4.42. The van der Waals surface area contributed by atoms with Gasteiger partial charge in [-0.05, 0) is 34.5 Å². The normalized spacial score (nSPS) is 10.5. The highest BCUT2D eigenvalue weighted by Gasteiger charge is 2.08. The molecule has 0 saturated heterocycles. The van der Waals surface area contributed by atoms with Gasteiger partial charge in [0.25, 0.3) is 5.91 Å². The molecule has 3 heteroatoms. The SMILES string of the molecule is O=C(NCc1ccc2ccccc2c1)c1ccccc1Cl. The van der Waals surface area contributed by atoms with Gasteiger partial charge in [-0.3, -0.25) is 4.79 Å². The minimum atomic E-state index is -0.159. The first-order valence-electron chi connectivity index (χ1n) is 6.74. The van der Waals surface area contributed by atoms with Gasteiger partial charge in [-0.15, -0.1) is 0 Å². The highest BCUT2D eigenvalue weighted by atomic mass is 35.5. The number of benzene rings is 3. The van der Waals surface area contributed by atoms with E-state index in [-0.39, 0.29) is 5.91 Å². The molecule has 3 aromatic rings. The predicted molar refractivity (Wildman–Crippen MR) is 86.6 cm³/mol. The Labute approximate surface area is 128 Å². The summed E-state index contributed by atoms with van der Waals surface area (Å²) in [4.78, 5) is 12.1. The number of hydrogen-bond donors (Lipinski definition) is 1. The van der Waals surface area contributed by atoms with Crippen LogP contribution in [0.5, 0.6) is 0 Å². The molecule has 104 valence electrons. The molecule has 0 spiro atoms. The fraction of sp³-hybridized carbons (Fsp3) is 0.0556. The van der Waals surface area contributed by atoms with Gasteiger partial charge in [0.15, 0.2) is 0 Å². The van der Waals surface area contributed by atoms with Crippen molar-refractivity contribution in [2.24, 2.45) is 0 Å². The van der Waals surface area contributed by atoms with Crippen LogP contribution in [0.3, 0.4) is 0 Å². The third-order valence-electron chi connectivity index (χ3n) is 3.39. The maximum absolute atomic E-state index is 12.1. The first kappa shape index (κ1) is 13.7. The summed E-state index contributed by atoms with van der Waals surface area (Å²) in [5.41, 5.74) is 1.56. The number of carbonyl (C=O) groups is 1. The molecule has 2 nitrogen and oxygen atoms in total. The van der Waals surface area contributed by atoms with Gasteiger partial charge in [-0.2, -0.15) is 0 Å². The largest absolute Gasteiger partial charge is 0.348 e. The van der Waals surface area contributed by atoms with E-state index in [4.69, 9.17) is 11.6 Å². The Morgan fingerprint density at radius 2 is 1.62 bits per heavy atom. The smallest absolute Gasteiger partial charge is 0.253 e. The van der Waals surface area contributed by atoms with E-state index in [1.165, 1.54) is 10.8 Å². The number of hydrogen-bond acceptors (Lipinski definition) is 1. The summed E-state index contributed by atoms with van der Waals surface area (Å²) >= 11 is 6.02. The van der Waals surface area contributed by atoms with Crippen molar-refractivity contribution >= 4 is 28.3 Å². The van der Waals surface area contributed by atoms with Crippen molar-refractivity contribution in [1.29, 1.82) is 0 Å². The summed E-state index contributed by atoms with van der Waals surface area (Å²) < 4.78 is 0. The van der Waals surface area contributed by atoms with Crippen LogP contribution in [-0.2, 0) is 6.54 Å². The van der Waals surface area contributed by atoms with Crippen LogP contribution in [0, 0.1) is 0 Å². The minimum Gasteiger partial charge on any atom is -0.348 e. The maximum atomic E-state index is 12.1. The zero-order valence-electron chi connectivity index (χ0n) is 11.3. The lowest BCUT2D eigenvalue weighted by molar-refractivity contribution is 0.0951. The monoisotopic (exact) mass is 295 g/mol. The van der Waals surface area contributed by atoms with Crippen LogP contribution in [0.4, 0.5) is 0 Å². The fourth-order valence-electron chi connectivity index (χ4n) is 2.27. The van der Waals surface area contributed by atoms with Crippen molar-refractivity contribution in [3.05, 3.63) is 82.9 Å². The van der Waals surface area contributed by atoms with Crippen molar-refractivity contribution in [1.82, 2.24) is 5.32 Å². The van der Waals surface area contributed by atoms with Crippen molar-refractivity contribution in [3.8, 4) is 0 Å². The maximum Gasteiger partial charge on any atom is 0.253 e. The van der Waals surface area contributed by atoms with Crippen LogP contribution in [0.2, 0.25) is 5.02 Å². The summed E-state index contributed by atoms with van der Waals surface area (Å²) in [6.45, 7) is 0.481. The topological polar surface area (TPSA) is 29.1 Å². The van der Waals surface area contributed by atoms with Gasteiger partial charge in [0.05, 0.1) is 10.6 Å². The summed E-state index contributed by atoms with van der Waals surface area (Å²) in [6.07, 6.45) is 0. The summed E-state index contributed by atoms with van der Waals surface area (Å²) in [5.74, 6) is -0.159. The first-order valence-corrected chi connectivity index (χ1v) is 7.12. The van der Waals surface area contributed by atoms with E-state index in [1.54, 1.807) is 18.2 Å². The lowest BCUT2D eigenvalue weighted by Gasteiger charge is -2.07. The van der Waals surface area contributed by atoms with Crippen molar-refractivity contribution in [3.63, 3.8) is 0 Å². The van der Waals surface area contributed by atoms with Crippen molar-refractivity contribution in [2.75, 3.05) is 0 Å². The molecule has 21 heavy (non-hydrogen) atoms. The molecule has 3 rings (SSSR count). The molecule has 0 aromatic heterocycles. The Hall–Kier alpha value is -2.32. The van der Waals surface area contributed by atoms with Crippen molar-refractivity contribution < 1.29 is 4.79 Å². The molecular weight excluding hydrogens is 282 g/mol. The summed E-state index contributed by atoms with van der Waals surface area (Å²) in [7, 11) is 0. The molecule has 0 heterocycles. The molecule has 1 amide bonds. The van der Waals surface area contributed by atoms with Crippen molar-refractivity contribution in [2.45, 2.75) is 6.54 Å². The van der Waals surface area contributed by atoms with E-state index >= 15 is 0 Å². The first-order chi connectivity index (χ1) is 10.2. The Bertz CT molecular complexity index is 798. The van der Waals surface area contributed by atoms with E-state index in [2.05, 4.69) is 29.6 Å². The molecule has 0 atom stereocenters. The summed E-state index contributed by atoms with van der Waals surface area (Å²) in [5, 5.41) is 5.73. The molecule has 0 saturated carbocycles. The zero-order valence-corrected chi connectivity index (χ0v) is 12.1. The second-order valence-electron chi connectivity index (χ2n) is 4.84. The van der Waals surface area contributed by atoms with E-state index in [1.807, 2.05) is 24.3 Å². The van der Waals surface area contributed by atoms with Gasteiger partial charge in [0, 0.05) is 6.54 Å². The Morgan fingerprint density at radius 3 is 2.43 bits per heavy atom. The van der Waals surface area contributed by atoms with Crippen LogP contribution in [-0.4, -0.2) is 5.91 Å². The molecule has 1 N–H and O–H groups in total. The molecule has 3 aromatic carbocycles. The number of amides is 1. The molecule has 0 unspecified atom stereocenters. The van der Waals surface area contributed by atoms with E-state index < -0.39 is 0 Å². The Kier molecular flexibility index (Phi) is 3.89. The summed E-state index contributed by atoms with van der Waals surface area (Å²) in [6, 6.07) is 21.4. The molecule has 0 radical (unpaired) electrons. The van der Waals surface area contributed by atoms with Crippen LogP contribution < -0.4 is 5.32 Å². The number of carbonyl (C=O) groups excluding carboxylic acids is 1.